The molecule has 1 aliphatic heterocycles. The van der Waals surface area contributed by atoms with Gasteiger partial charge in [-0.25, -0.2) is 0 Å². The predicted molar refractivity (Wildman–Crippen MR) is 53.5 cm³/mol. The van der Waals surface area contributed by atoms with Gasteiger partial charge >= 0.3 is 0 Å². The van der Waals surface area contributed by atoms with Crippen LogP contribution in [0.4, 0.5) is 0 Å². The van der Waals surface area contributed by atoms with Crippen molar-refractivity contribution in [3.8, 4) is 0 Å². The summed E-state index contributed by atoms with van der Waals surface area (Å²) in [5.74, 6) is 0. The van der Waals surface area contributed by atoms with Crippen LogP contribution in [0.2, 0.25) is 0 Å². The van der Waals surface area contributed by atoms with Crippen LogP contribution in [0, 0.1) is 0 Å². The average Bonchev–Trinajstić information content (AvgIpc) is 2.33. The lowest BCUT2D eigenvalue weighted by Crippen LogP contribution is -2.19. The normalized spacial score (nSPS) is 25.5. The minimum absolute atomic E-state index is 0.518. The van der Waals surface area contributed by atoms with E-state index in [9.17, 15) is 0 Å². The van der Waals surface area contributed by atoms with Crippen LogP contribution in [0.5, 0.6) is 0 Å². The van der Waals surface area contributed by atoms with Crippen LogP contribution in [-0.4, -0.2) is 38.3 Å². The van der Waals surface area contributed by atoms with E-state index in [1.165, 1.54) is 32.4 Å². The first-order valence-electron chi connectivity index (χ1n) is 5.04. The number of methoxy groups -OCH3 is 1. The molecular weight excluding hydrogens is 150 g/mol. The summed E-state index contributed by atoms with van der Waals surface area (Å²) in [5, 5.41) is 0. The number of nitrogens with zero attached hydrogens (tertiary/aromatic N) is 1. The van der Waals surface area contributed by atoms with Gasteiger partial charge in [0.25, 0.3) is 0 Å². The van der Waals surface area contributed by atoms with E-state index in [0.717, 1.165) is 0 Å². The zero-order valence-electron chi connectivity index (χ0n) is 8.97. The summed E-state index contributed by atoms with van der Waals surface area (Å²) < 4.78 is 5.29. The molecule has 0 N–H and O–H groups in total. The van der Waals surface area contributed by atoms with Crippen molar-refractivity contribution in [2.45, 2.75) is 39.2 Å². The fourth-order valence-corrected chi connectivity index (χ4v) is 1.45. The van der Waals surface area contributed by atoms with Gasteiger partial charge in [-0.05, 0) is 32.9 Å². The molecule has 12 heavy (non-hydrogen) atoms. The predicted octanol–water partition coefficient (Wildman–Crippen LogP) is 2.14. The Morgan fingerprint density at radius 2 is 1.83 bits per heavy atom. The van der Waals surface area contributed by atoms with Crippen LogP contribution in [0.15, 0.2) is 0 Å². The van der Waals surface area contributed by atoms with E-state index in [1.807, 2.05) is 21.0 Å². The molecule has 1 aliphatic rings. The maximum atomic E-state index is 5.29. The van der Waals surface area contributed by atoms with Crippen molar-refractivity contribution in [2.75, 3.05) is 27.2 Å². The molecule has 1 unspecified atom stereocenters. The van der Waals surface area contributed by atoms with Crippen molar-refractivity contribution in [1.29, 1.82) is 0 Å². The summed E-state index contributed by atoms with van der Waals surface area (Å²) in [6.45, 7) is 6.43. The van der Waals surface area contributed by atoms with Crippen LogP contribution in [0.3, 0.4) is 0 Å². The summed E-state index contributed by atoms with van der Waals surface area (Å²) >= 11 is 0. The Bertz CT molecular complexity index is 95.8. The van der Waals surface area contributed by atoms with Gasteiger partial charge in [-0.1, -0.05) is 13.8 Å². The molecule has 1 fully saturated rings. The molecule has 1 heterocycles. The van der Waals surface area contributed by atoms with E-state index in [2.05, 4.69) is 11.9 Å². The van der Waals surface area contributed by atoms with Crippen molar-refractivity contribution in [3.63, 3.8) is 0 Å². The van der Waals surface area contributed by atoms with E-state index in [1.54, 1.807) is 0 Å². The molecule has 1 saturated heterocycles. The summed E-state index contributed by atoms with van der Waals surface area (Å²) in [5.41, 5.74) is 0. The largest absolute Gasteiger partial charge is 0.381 e. The Morgan fingerprint density at radius 3 is 2.42 bits per heavy atom. The van der Waals surface area contributed by atoms with E-state index in [0.29, 0.717) is 6.10 Å². The Balaban J connectivity index is 0.000000561. The first-order chi connectivity index (χ1) is 5.83. The number of rotatable bonds is 1. The maximum Gasteiger partial charge on any atom is 0.0584 e. The molecular formula is C10H23NO. The number of hydrogen-bond acceptors (Lipinski definition) is 2. The van der Waals surface area contributed by atoms with Crippen LogP contribution in [0.25, 0.3) is 0 Å². The Morgan fingerprint density at radius 1 is 1.17 bits per heavy atom. The van der Waals surface area contributed by atoms with Crippen molar-refractivity contribution >= 4 is 0 Å². The van der Waals surface area contributed by atoms with Gasteiger partial charge in [0.15, 0.2) is 0 Å². The van der Waals surface area contributed by atoms with Gasteiger partial charge in [0.05, 0.1) is 6.10 Å². The molecule has 0 saturated carbocycles. The van der Waals surface area contributed by atoms with Crippen molar-refractivity contribution in [3.05, 3.63) is 0 Å². The highest BCUT2D eigenvalue weighted by molar-refractivity contribution is 4.66. The summed E-state index contributed by atoms with van der Waals surface area (Å²) in [7, 11) is 3.99. The quantitative estimate of drug-likeness (QED) is 0.602. The van der Waals surface area contributed by atoms with Gasteiger partial charge in [0, 0.05) is 13.7 Å². The smallest absolute Gasteiger partial charge is 0.0584 e. The molecule has 0 aromatic heterocycles. The molecule has 0 aromatic rings. The number of hydrogen-bond donors (Lipinski definition) is 0. The van der Waals surface area contributed by atoms with Crippen LogP contribution >= 0.6 is 0 Å². The molecule has 74 valence electrons. The summed E-state index contributed by atoms with van der Waals surface area (Å²) in [6, 6.07) is 0. The molecule has 2 heteroatoms. The lowest BCUT2D eigenvalue weighted by Gasteiger charge is -2.12. The van der Waals surface area contributed by atoms with Crippen molar-refractivity contribution < 1.29 is 4.74 Å². The zero-order chi connectivity index (χ0) is 9.40. The highest BCUT2D eigenvalue weighted by Gasteiger charge is 2.12. The maximum absolute atomic E-state index is 5.29. The second-order valence-electron chi connectivity index (χ2n) is 3.09. The van der Waals surface area contributed by atoms with E-state index in [4.69, 9.17) is 4.74 Å². The fourth-order valence-electron chi connectivity index (χ4n) is 1.45. The summed E-state index contributed by atoms with van der Waals surface area (Å²) in [4.78, 5) is 2.37. The SMILES string of the molecule is CC.COC1CCCN(C)CC1. The second-order valence-corrected chi connectivity index (χ2v) is 3.09. The minimum Gasteiger partial charge on any atom is -0.381 e. The van der Waals surface area contributed by atoms with Gasteiger partial charge in [0.1, 0.15) is 0 Å². The van der Waals surface area contributed by atoms with Gasteiger partial charge < -0.3 is 9.64 Å². The van der Waals surface area contributed by atoms with Gasteiger partial charge in [0.2, 0.25) is 0 Å². The number of ether oxygens (including phenoxy) is 1. The number of likely N-dealkylation sites (tertiary alicyclic amines) is 1. The Hall–Kier alpha value is -0.0800. The third-order valence-corrected chi connectivity index (χ3v) is 2.23. The average molecular weight is 173 g/mol. The molecule has 0 bridgehead atoms. The Labute approximate surface area is 76.9 Å². The second kappa shape index (κ2) is 7.56. The first-order valence-corrected chi connectivity index (χ1v) is 5.04. The topological polar surface area (TPSA) is 12.5 Å². The van der Waals surface area contributed by atoms with Gasteiger partial charge in [-0.3, -0.25) is 0 Å². The van der Waals surface area contributed by atoms with Crippen molar-refractivity contribution in [1.82, 2.24) is 4.90 Å². The monoisotopic (exact) mass is 173 g/mol. The highest BCUT2D eigenvalue weighted by Crippen LogP contribution is 2.11. The Kier molecular flexibility index (Phi) is 7.51. The van der Waals surface area contributed by atoms with E-state index in [-0.39, 0.29) is 0 Å². The third-order valence-electron chi connectivity index (χ3n) is 2.23. The van der Waals surface area contributed by atoms with Gasteiger partial charge in [-0.2, -0.15) is 0 Å². The lowest BCUT2D eigenvalue weighted by molar-refractivity contribution is 0.0906. The van der Waals surface area contributed by atoms with E-state index < -0.39 is 0 Å². The molecule has 1 atom stereocenters. The first kappa shape index (κ1) is 11.9. The molecule has 0 aromatic carbocycles. The molecule has 2 nitrogen and oxygen atoms in total. The molecule has 0 spiro atoms. The summed E-state index contributed by atoms with van der Waals surface area (Å²) in [6.07, 6.45) is 4.24. The van der Waals surface area contributed by atoms with Crippen LogP contribution < -0.4 is 0 Å². The molecule has 0 aliphatic carbocycles. The van der Waals surface area contributed by atoms with Crippen LogP contribution in [-0.2, 0) is 4.74 Å². The van der Waals surface area contributed by atoms with E-state index >= 15 is 0 Å². The van der Waals surface area contributed by atoms with Gasteiger partial charge in [-0.15, -0.1) is 0 Å². The van der Waals surface area contributed by atoms with Crippen LogP contribution in [0.1, 0.15) is 33.1 Å². The minimum atomic E-state index is 0.518. The fraction of sp³-hybridized carbons (Fsp3) is 1.00. The third kappa shape index (κ3) is 4.73. The molecule has 0 amide bonds. The van der Waals surface area contributed by atoms with Crippen molar-refractivity contribution in [2.24, 2.45) is 0 Å². The standard InChI is InChI=1S/C8H17NO.C2H6/c1-9-6-3-4-8(10-2)5-7-9;1-2/h8H,3-7H2,1-2H3;1-2H3. The molecule has 1 rings (SSSR count). The highest BCUT2D eigenvalue weighted by atomic mass is 16.5. The molecule has 0 radical (unpaired) electrons. The zero-order valence-corrected chi connectivity index (χ0v) is 8.97. The lowest BCUT2D eigenvalue weighted by atomic mass is 10.2.